The van der Waals surface area contributed by atoms with Gasteiger partial charge >= 0.3 is 0 Å². The van der Waals surface area contributed by atoms with Crippen molar-refractivity contribution in [2.45, 2.75) is 5.16 Å². The van der Waals surface area contributed by atoms with Crippen LogP contribution < -0.4 is 0 Å². The number of aryl methyl sites for hydroxylation is 1. The van der Waals surface area contributed by atoms with Crippen molar-refractivity contribution in [3.8, 4) is 0 Å². The highest BCUT2D eigenvalue weighted by atomic mass is 32.2. The standard InChI is InChI=1S/C6H9FN2S/c1-9-4-3-8-6(9)10-5-2-7/h3-4H,2,5H2,1H3. The lowest BCUT2D eigenvalue weighted by molar-refractivity contribution is 0.532. The Kier molecular flexibility index (Phi) is 2.74. The van der Waals surface area contributed by atoms with Crippen LogP contribution in [0.4, 0.5) is 4.39 Å². The fourth-order valence-electron chi connectivity index (χ4n) is 0.621. The quantitative estimate of drug-likeness (QED) is 0.623. The van der Waals surface area contributed by atoms with Gasteiger partial charge < -0.3 is 4.57 Å². The largest absolute Gasteiger partial charge is 0.329 e. The van der Waals surface area contributed by atoms with E-state index in [0.29, 0.717) is 5.75 Å². The number of halogens is 1. The molecular weight excluding hydrogens is 151 g/mol. The Bertz CT molecular complexity index is 199. The van der Waals surface area contributed by atoms with Crippen LogP contribution in [0.3, 0.4) is 0 Å². The fourth-order valence-corrected chi connectivity index (χ4v) is 1.28. The van der Waals surface area contributed by atoms with Gasteiger partial charge in [-0.2, -0.15) is 0 Å². The number of alkyl halides is 1. The summed E-state index contributed by atoms with van der Waals surface area (Å²) < 4.78 is 13.5. The predicted octanol–water partition coefficient (Wildman–Crippen LogP) is 1.48. The maximum atomic E-state index is 11.7. The molecule has 1 aromatic rings. The summed E-state index contributed by atoms with van der Waals surface area (Å²) in [6, 6.07) is 0. The number of thioether (sulfide) groups is 1. The second-order valence-electron chi connectivity index (χ2n) is 1.86. The van der Waals surface area contributed by atoms with Crippen LogP contribution >= 0.6 is 11.8 Å². The van der Waals surface area contributed by atoms with Gasteiger partial charge in [0.15, 0.2) is 5.16 Å². The third-order valence-corrected chi connectivity index (χ3v) is 2.10. The first-order chi connectivity index (χ1) is 4.84. The molecule has 0 aliphatic carbocycles. The van der Waals surface area contributed by atoms with Gasteiger partial charge in [-0.15, -0.1) is 0 Å². The normalized spacial score (nSPS) is 10.2. The smallest absolute Gasteiger partial charge is 0.167 e. The average molecular weight is 160 g/mol. The van der Waals surface area contributed by atoms with Gasteiger partial charge in [0.05, 0.1) is 6.67 Å². The molecule has 1 aromatic heterocycles. The summed E-state index contributed by atoms with van der Waals surface area (Å²) in [5, 5.41) is 0.873. The molecule has 0 bridgehead atoms. The van der Waals surface area contributed by atoms with Crippen LogP contribution in [0, 0.1) is 0 Å². The summed E-state index contributed by atoms with van der Waals surface area (Å²) in [5.74, 6) is 0.491. The van der Waals surface area contributed by atoms with Crippen molar-refractivity contribution in [2.24, 2.45) is 7.05 Å². The monoisotopic (exact) mass is 160 g/mol. The second-order valence-corrected chi connectivity index (χ2v) is 2.92. The lowest BCUT2D eigenvalue weighted by Crippen LogP contribution is -1.90. The molecule has 0 aliphatic rings. The van der Waals surface area contributed by atoms with Crippen molar-refractivity contribution in [3.63, 3.8) is 0 Å². The Labute approximate surface area is 63.5 Å². The summed E-state index contributed by atoms with van der Waals surface area (Å²) in [7, 11) is 1.90. The van der Waals surface area contributed by atoms with Crippen molar-refractivity contribution in [2.75, 3.05) is 12.4 Å². The lowest BCUT2D eigenvalue weighted by atomic mass is 10.9. The molecule has 0 aliphatic heterocycles. The van der Waals surface area contributed by atoms with Crippen molar-refractivity contribution in [1.29, 1.82) is 0 Å². The number of aromatic nitrogens is 2. The molecule has 0 fully saturated rings. The van der Waals surface area contributed by atoms with Gasteiger partial charge in [-0.05, 0) is 0 Å². The van der Waals surface area contributed by atoms with E-state index in [0.717, 1.165) is 5.16 Å². The van der Waals surface area contributed by atoms with Crippen molar-refractivity contribution >= 4 is 11.8 Å². The molecule has 0 N–H and O–H groups in total. The van der Waals surface area contributed by atoms with Crippen LogP contribution in [0.25, 0.3) is 0 Å². The van der Waals surface area contributed by atoms with Crippen molar-refractivity contribution in [3.05, 3.63) is 12.4 Å². The van der Waals surface area contributed by atoms with Crippen molar-refractivity contribution in [1.82, 2.24) is 9.55 Å². The van der Waals surface area contributed by atoms with E-state index in [4.69, 9.17) is 0 Å². The highest BCUT2D eigenvalue weighted by molar-refractivity contribution is 7.99. The molecule has 0 atom stereocenters. The second kappa shape index (κ2) is 3.61. The number of rotatable bonds is 3. The van der Waals surface area contributed by atoms with Crippen LogP contribution in [-0.2, 0) is 7.05 Å². The Morgan fingerprint density at radius 3 is 3.10 bits per heavy atom. The SMILES string of the molecule is Cn1ccnc1SCCF. The van der Waals surface area contributed by atoms with Crippen LogP contribution in [0.5, 0.6) is 0 Å². The van der Waals surface area contributed by atoms with Crippen LogP contribution in [0.2, 0.25) is 0 Å². The number of hydrogen-bond donors (Lipinski definition) is 0. The molecule has 2 nitrogen and oxygen atoms in total. The Hall–Kier alpha value is -0.510. The van der Waals surface area contributed by atoms with Gasteiger partial charge in [0, 0.05) is 25.2 Å². The first-order valence-electron chi connectivity index (χ1n) is 3.00. The molecule has 0 amide bonds. The van der Waals surface area contributed by atoms with Gasteiger partial charge in [0.25, 0.3) is 0 Å². The predicted molar refractivity (Wildman–Crippen MR) is 39.9 cm³/mol. The first-order valence-corrected chi connectivity index (χ1v) is 3.99. The Morgan fingerprint density at radius 2 is 2.60 bits per heavy atom. The van der Waals surface area contributed by atoms with Gasteiger partial charge in [-0.1, -0.05) is 11.8 Å². The third-order valence-electron chi connectivity index (χ3n) is 1.09. The molecule has 0 saturated carbocycles. The summed E-state index contributed by atoms with van der Waals surface area (Å²) in [6.45, 7) is -0.294. The number of nitrogens with zero attached hydrogens (tertiary/aromatic N) is 2. The molecule has 0 radical (unpaired) electrons. The van der Waals surface area contributed by atoms with E-state index in [2.05, 4.69) is 4.98 Å². The maximum absolute atomic E-state index is 11.7. The van der Waals surface area contributed by atoms with E-state index in [1.165, 1.54) is 11.8 Å². The molecule has 0 spiro atoms. The Morgan fingerprint density at radius 1 is 1.80 bits per heavy atom. The van der Waals surface area contributed by atoms with Gasteiger partial charge in [0.1, 0.15) is 0 Å². The molecule has 0 aromatic carbocycles. The summed E-state index contributed by atoms with van der Waals surface area (Å²) >= 11 is 1.43. The van der Waals surface area contributed by atoms with Gasteiger partial charge in [-0.3, -0.25) is 4.39 Å². The van der Waals surface area contributed by atoms with Crippen molar-refractivity contribution < 1.29 is 4.39 Å². The molecule has 10 heavy (non-hydrogen) atoms. The van der Waals surface area contributed by atoms with Crippen LogP contribution in [0.1, 0.15) is 0 Å². The topological polar surface area (TPSA) is 17.8 Å². The van der Waals surface area contributed by atoms with E-state index < -0.39 is 0 Å². The highest BCUT2D eigenvalue weighted by Crippen LogP contribution is 2.13. The van der Waals surface area contributed by atoms with E-state index >= 15 is 0 Å². The third kappa shape index (κ3) is 1.73. The average Bonchev–Trinajstić information content (AvgIpc) is 2.31. The molecular formula is C6H9FN2S. The molecule has 1 rings (SSSR count). The van der Waals surface area contributed by atoms with E-state index in [9.17, 15) is 4.39 Å². The van der Waals surface area contributed by atoms with E-state index in [1.807, 2.05) is 17.8 Å². The minimum absolute atomic E-state index is 0.294. The molecule has 4 heteroatoms. The minimum atomic E-state index is -0.294. The molecule has 56 valence electrons. The minimum Gasteiger partial charge on any atom is -0.329 e. The zero-order chi connectivity index (χ0) is 7.40. The zero-order valence-electron chi connectivity index (χ0n) is 5.75. The fraction of sp³-hybridized carbons (Fsp3) is 0.500. The number of imidazole rings is 1. The number of hydrogen-bond acceptors (Lipinski definition) is 2. The summed E-state index contributed by atoms with van der Waals surface area (Å²) in [6.07, 6.45) is 3.56. The van der Waals surface area contributed by atoms with E-state index in [-0.39, 0.29) is 6.67 Å². The zero-order valence-corrected chi connectivity index (χ0v) is 6.57. The van der Waals surface area contributed by atoms with Gasteiger partial charge in [0.2, 0.25) is 0 Å². The first kappa shape index (κ1) is 7.60. The summed E-state index contributed by atoms with van der Waals surface area (Å²) in [5.41, 5.74) is 0. The molecule has 1 heterocycles. The maximum Gasteiger partial charge on any atom is 0.167 e. The van der Waals surface area contributed by atoms with Crippen LogP contribution in [0.15, 0.2) is 17.6 Å². The summed E-state index contributed by atoms with van der Waals surface area (Å²) in [4.78, 5) is 4.01. The van der Waals surface area contributed by atoms with E-state index in [1.54, 1.807) is 6.20 Å². The molecule has 0 saturated heterocycles. The molecule has 0 unspecified atom stereocenters. The van der Waals surface area contributed by atoms with Gasteiger partial charge in [-0.25, -0.2) is 4.98 Å². The lowest BCUT2D eigenvalue weighted by Gasteiger charge is -1.96. The van der Waals surface area contributed by atoms with Crippen LogP contribution in [-0.4, -0.2) is 22.0 Å². The Balaban J connectivity index is 2.49. The highest BCUT2D eigenvalue weighted by Gasteiger charge is 1.97.